The number of aromatic nitrogens is 4. The van der Waals surface area contributed by atoms with Gasteiger partial charge >= 0.3 is 0 Å². The predicted molar refractivity (Wildman–Crippen MR) is 80.7 cm³/mol. The van der Waals surface area contributed by atoms with Gasteiger partial charge in [-0.05, 0) is 31.7 Å². The molecule has 1 aliphatic carbocycles. The highest BCUT2D eigenvalue weighted by atomic mass is 16.5. The highest BCUT2D eigenvalue weighted by Gasteiger charge is 2.35. The Morgan fingerprint density at radius 3 is 2.91 bits per heavy atom. The van der Waals surface area contributed by atoms with Gasteiger partial charge in [0.25, 0.3) is 5.91 Å². The first-order valence-corrected chi connectivity index (χ1v) is 8.22. The number of nitrogens with zero attached hydrogens (tertiary/aromatic N) is 5. The lowest BCUT2D eigenvalue weighted by Gasteiger charge is -2.21. The molecule has 0 N–H and O–H groups in total. The van der Waals surface area contributed by atoms with Crippen molar-refractivity contribution in [1.29, 1.82) is 0 Å². The minimum Gasteiger partial charge on any atom is -0.339 e. The average molecular weight is 313 g/mol. The van der Waals surface area contributed by atoms with E-state index in [9.17, 15) is 4.79 Å². The van der Waals surface area contributed by atoms with Crippen molar-refractivity contribution in [3.8, 4) is 0 Å². The molecule has 3 heterocycles. The quantitative estimate of drug-likeness (QED) is 0.861. The van der Waals surface area contributed by atoms with Crippen LogP contribution in [-0.2, 0) is 6.42 Å². The minimum absolute atomic E-state index is 0.0698. The molecule has 7 heteroatoms. The Bertz CT molecular complexity index is 725. The Morgan fingerprint density at radius 2 is 2.17 bits per heavy atom. The zero-order valence-electron chi connectivity index (χ0n) is 13.1. The van der Waals surface area contributed by atoms with Gasteiger partial charge in [0.2, 0.25) is 5.89 Å². The molecule has 0 radical (unpaired) electrons. The molecule has 2 aromatic heterocycles. The van der Waals surface area contributed by atoms with Crippen LogP contribution in [-0.4, -0.2) is 37.5 Å². The number of carbonyl (C=O) groups excluding carboxylic acids is 1. The molecule has 7 nitrogen and oxygen atoms in total. The zero-order chi connectivity index (χ0) is 15.8. The third-order valence-electron chi connectivity index (χ3n) is 4.43. The number of carbonyl (C=O) groups is 1. The Balaban J connectivity index is 1.58. The zero-order valence-corrected chi connectivity index (χ0v) is 13.1. The summed E-state index contributed by atoms with van der Waals surface area (Å²) < 4.78 is 5.19. The van der Waals surface area contributed by atoms with Crippen molar-refractivity contribution in [3.63, 3.8) is 0 Å². The lowest BCUT2D eigenvalue weighted by Crippen LogP contribution is -2.32. The summed E-state index contributed by atoms with van der Waals surface area (Å²) >= 11 is 0. The molecule has 1 atom stereocenters. The summed E-state index contributed by atoms with van der Waals surface area (Å²) in [4.78, 5) is 27.8. The van der Waals surface area contributed by atoms with Crippen molar-refractivity contribution < 1.29 is 9.32 Å². The average Bonchev–Trinajstić information content (AvgIpc) is 3.13. The summed E-state index contributed by atoms with van der Waals surface area (Å²) in [7, 11) is 0. The normalized spacial score (nSPS) is 20.9. The third kappa shape index (κ3) is 2.71. The molecule has 0 spiro atoms. The summed E-state index contributed by atoms with van der Waals surface area (Å²) in [5.41, 5.74) is 0.466. The van der Waals surface area contributed by atoms with E-state index in [4.69, 9.17) is 4.52 Å². The van der Waals surface area contributed by atoms with Crippen LogP contribution in [0.2, 0.25) is 0 Å². The summed E-state index contributed by atoms with van der Waals surface area (Å²) in [6, 6.07) is 1.57. The van der Waals surface area contributed by atoms with E-state index in [2.05, 4.69) is 20.1 Å². The van der Waals surface area contributed by atoms with Crippen LogP contribution < -0.4 is 0 Å². The van der Waals surface area contributed by atoms with Crippen LogP contribution >= 0.6 is 0 Å². The van der Waals surface area contributed by atoms with Crippen molar-refractivity contribution in [2.24, 2.45) is 0 Å². The fraction of sp³-hybridized carbons (Fsp3) is 0.562. The van der Waals surface area contributed by atoms with Crippen molar-refractivity contribution in [3.05, 3.63) is 35.5 Å². The number of hydrogen-bond donors (Lipinski definition) is 0. The number of amides is 1. The van der Waals surface area contributed by atoms with Crippen LogP contribution in [0.4, 0.5) is 0 Å². The molecule has 2 fully saturated rings. The molecule has 0 aromatic carbocycles. The fourth-order valence-corrected chi connectivity index (χ4v) is 3.00. The second kappa shape index (κ2) is 5.72. The molecule has 2 aliphatic rings. The Morgan fingerprint density at radius 1 is 1.30 bits per heavy atom. The third-order valence-corrected chi connectivity index (χ3v) is 4.43. The molecular weight excluding hydrogens is 294 g/mol. The van der Waals surface area contributed by atoms with Gasteiger partial charge in [-0.2, -0.15) is 4.98 Å². The van der Waals surface area contributed by atoms with E-state index < -0.39 is 0 Å². The van der Waals surface area contributed by atoms with Crippen LogP contribution in [0, 0.1) is 0 Å². The molecule has 0 unspecified atom stereocenters. The predicted octanol–water partition coefficient (Wildman–Crippen LogP) is 2.28. The van der Waals surface area contributed by atoms with Crippen molar-refractivity contribution in [2.75, 3.05) is 6.54 Å². The Hall–Kier alpha value is -2.31. The summed E-state index contributed by atoms with van der Waals surface area (Å²) in [6.45, 7) is 2.66. The number of likely N-dealkylation sites (tertiary alicyclic amines) is 1. The van der Waals surface area contributed by atoms with Crippen LogP contribution in [0.1, 0.15) is 72.6 Å². The summed E-state index contributed by atoms with van der Waals surface area (Å²) in [5, 5.41) is 4.04. The molecule has 2 aromatic rings. The molecular formula is C16H19N5O2. The number of aryl methyl sites for hydroxylation is 1. The molecule has 1 saturated heterocycles. The van der Waals surface area contributed by atoms with E-state index in [0.29, 0.717) is 36.3 Å². The molecule has 1 amide bonds. The van der Waals surface area contributed by atoms with Crippen LogP contribution in [0.15, 0.2) is 16.8 Å². The van der Waals surface area contributed by atoms with Crippen molar-refractivity contribution in [2.45, 2.75) is 51.0 Å². The monoisotopic (exact) mass is 313 g/mol. The molecule has 120 valence electrons. The Labute approximate surface area is 134 Å². The maximum Gasteiger partial charge on any atom is 0.273 e. The van der Waals surface area contributed by atoms with Gasteiger partial charge in [0, 0.05) is 25.1 Å². The van der Waals surface area contributed by atoms with E-state index in [1.54, 1.807) is 12.3 Å². The SMILES string of the molecule is CCc1nc([C@H]2CCCN2C(=O)c2ccnc(C3CC3)n2)no1. The number of hydrogen-bond acceptors (Lipinski definition) is 6. The summed E-state index contributed by atoms with van der Waals surface area (Å²) in [5.74, 6) is 2.36. The smallest absolute Gasteiger partial charge is 0.273 e. The van der Waals surface area contributed by atoms with Crippen molar-refractivity contribution in [1.82, 2.24) is 25.0 Å². The maximum absolute atomic E-state index is 12.9. The van der Waals surface area contributed by atoms with Crippen LogP contribution in [0.25, 0.3) is 0 Å². The number of rotatable bonds is 4. The van der Waals surface area contributed by atoms with Crippen LogP contribution in [0.5, 0.6) is 0 Å². The van der Waals surface area contributed by atoms with E-state index >= 15 is 0 Å². The van der Waals surface area contributed by atoms with Gasteiger partial charge in [-0.15, -0.1) is 0 Å². The van der Waals surface area contributed by atoms with E-state index in [1.165, 1.54) is 0 Å². The van der Waals surface area contributed by atoms with E-state index in [-0.39, 0.29) is 11.9 Å². The minimum atomic E-state index is -0.120. The first-order valence-electron chi connectivity index (χ1n) is 8.22. The molecule has 1 aliphatic heterocycles. The lowest BCUT2D eigenvalue weighted by atomic mass is 10.2. The van der Waals surface area contributed by atoms with Gasteiger partial charge < -0.3 is 9.42 Å². The van der Waals surface area contributed by atoms with Crippen molar-refractivity contribution >= 4 is 5.91 Å². The first kappa shape index (κ1) is 14.3. The first-order chi connectivity index (χ1) is 11.3. The highest BCUT2D eigenvalue weighted by molar-refractivity contribution is 5.92. The Kier molecular flexibility index (Phi) is 3.55. The van der Waals surface area contributed by atoms with Gasteiger partial charge in [-0.25, -0.2) is 9.97 Å². The summed E-state index contributed by atoms with van der Waals surface area (Å²) in [6.07, 6.45) is 6.41. The van der Waals surface area contributed by atoms with Gasteiger partial charge in [0.05, 0.1) is 6.04 Å². The van der Waals surface area contributed by atoms with E-state index in [1.807, 2.05) is 11.8 Å². The van der Waals surface area contributed by atoms with E-state index in [0.717, 1.165) is 31.5 Å². The van der Waals surface area contributed by atoms with Crippen LogP contribution in [0.3, 0.4) is 0 Å². The molecule has 1 saturated carbocycles. The standard InChI is InChI=1S/C16H19N5O2/c1-2-13-19-15(20-23-13)12-4-3-9-21(12)16(22)11-7-8-17-14(18-11)10-5-6-10/h7-8,10,12H,2-6,9H2,1H3/t12-/m1/s1. The van der Waals surface area contributed by atoms with Gasteiger partial charge in [-0.3, -0.25) is 4.79 Å². The molecule has 0 bridgehead atoms. The van der Waals surface area contributed by atoms with Gasteiger partial charge in [-0.1, -0.05) is 12.1 Å². The lowest BCUT2D eigenvalue weighted by molar-refractivity contribution is 0.0721. The highest BCUT2D eigenvalue weighted by Crippen LogP contribution is 2.38. The van der Waals surface area contributed by atoms with Gasteiger partial charge in [0.15, 0.2) is 5.82 Å². The second-order valence-corrected chi connectivity index (χ2v) is 6.13. The fourth-order valence-electron chi connectivity index (χ4n) is 3.00. The van der Waals surface area contributed by atoms with Gasteiger partial charge in [0.1, 0.15) is 11.5 Å². The molecule has 4 rings (SSSR count). The maximum atomic E-state index is 12.9. The largest absolute Gasteiger partial charge is 0.339 e. The second-order valence-electron chi connectivity index (χ2n) is 6.13. The molecule has 23 heavy (non-hydrogen) atoms. The topological polar surface area (TPSA) is 85.0 Å².